The summed E-state index contributed by atoms with van der Waals surface area (Å²) in [6.45, 7) is 0.752. The molecule has 0 aliphatic carbocycles. The van der Waals surface area contributed by atoms with Crippen LogP contribution >= 0.6 is 0 Å². The largest absolute Gasteiger partial charge is 0.379 e. The van der Waals surface area contributed by atoms with Crippen molar-refractivity contribution in [2.24, 2.45) is 7.05 Å². The van der Waals surface area contributed by atoms with E-state index in [0.29, 0.717) is 0 Å². The van der Waals surface area contributed by atoms with Gasteiger partial charge in [0.2, 0.25) is 0 Å². The second-order valence-electron chi connectivity index (χ2n) is 4.36. The van der Waals surface area contributed by atoms with E-state index in [1.807, 2.05) is 48.1 Å². The molecule has 0 aliphatic rings. The first-order valence-electron chi connectivity index (χ1n) is 6.14. The number of aromatic amines is 1. The predicted molar refractivity (Wildman–Crippen MR) is 74.6 cm³/mol. The zero-order chi connectivity index (χ0) is 13.1. The zero-order valence-electron chi connectivity index (χ0n) is 10.7. The molecule has 0 atom stereocenters. The second kappa shape index (κ2) is 4.97. The number of para-hydroxylation sites is 1. The lowest BCUT2D eigenvalue weighted by Gasteiger charge is -2.10. The Kier molecular flexibility index (Phi) is 3.02. The molecule has 2 N–H and O–H groups in total. The number of benzene rings is 1. The van der Waals surface area contributed by atoms with Crippen molar-refractivity contribution in [3.05, 3.63) is 54.6 Å². The van der Waals surface area contributed by atoms with Gasteiger partial charge in [-0.2, -0.15) is 0 Å². The average molecular weight is 253 g/mol. The maximum absolute atomic E-state index is 4.16. The van der Waals surface area contributed by atoms with Gasteiger partial charge in [0.05, 0.1) is 6.54 Å². The van der Waals surface area contributed by atoms with Gasteiger partial charge in [0.25, 0.3) is 0 Å². The zero-order valence-corrected chi connectivity index (χ0v) is 10.7. The summed E-state index contributed by atoms with van der Waals surface area (Å²) in [6, 6.07) is 12.2. The van der Waals surface area contributed by atoms with Crippen molar-refractivity contribution in [2.45, 2.75) is 6.54 Å². The van der Waals surface area contributed by atoms with E-state index in [9.17, 15) is 0 Å². The molecule has 2 aromatic heterocycles. The van der Waals surface area contributed by atoms with Crippen LogP contribution in [0.1, 0.15) is 5.69 Å². The average Bonchev–Trinajstić information content (AvgIpc) is 3.08. The highest BCUT2D eigenvalue weighted by atomic mass is 15.2. The van der Waals surface area contributed by atoms with Crippen molar-refractivity contribution >= 4 is 5.69 Å². The summed E-state index contributed by atoms with van der Waals surface area (Å²) in [4.78, 5) is 3.18. The van der Waals surface area contributed by atoms with Gasteiger partial charge < -0.3 is 14.9 Å². The molecule has 0 bridgehead atoms. The molecule has 0 amide bonds. The fraction of sp³-hybridized carbons (Fsp3) is 0.143. The first-order valence-corrected chi connectivity index (χ1v) is 6.14. The summed E-state index contributed by atoms with van der Waals surface area (Å²) in [5, 5.41) is 11.5. The van der Waals surface area contributed by atoms with Crippen LogP contribution in [0.5, 0.6) is 0 Å². The molecule has 1 aromatic carbocycles. The Labute approximate surface area is 111 Å². The number of H-pyrrole nitrogens is 1. The number of nitrogens with zero attached hydrogens (tertiary/aromatic N) is 3. The van der Waals surface area contributed by atoms with E-state index in [1.165, 1.54) is 0 Å². The van der Waals surface area contributed by atoms with Crippen molar-refractivity contribution < 1.29 is 0 Å². The molecular formula is C14H15N5. The van der Waals surface area contributed by atoms with E-state index in [-0.39, 0.29) is 0 Å². The summed E-state index contributed by atoms with van der Waals surface area (Å²) < 4.78 is 1.91. The lowest BCUT2D eigenvalue weighted by atomic mass is 10.1. The number of aromatic nitrogens is 4. The predicted octanol–water partition coefficient (Wildman–Crippen LogP) is 2.42. The number of hydrogen-bond acceptors (Lipinski definition) is 3. The molecule has 0 fully saturated rings. The van der Waals surface area contributed by atoms with E-state index in [4.69, 9.17) is 0 Å². The fourth-order valence-electron chi connectivity index (χ4n) is 2.03. The Hall–Kier alpha value is -2.56. The molecule has 3 rings (SSSR count). The molecule has 0 aliphatic heterocycles. The number of hydrogen-bond donors (Lipinski definition) is 2. The molecule has 0 saturated heterocycles. The number of nitrogens with one attached hydrogen (secondary N) is 2. The van der Waals surface area contributed by atoms with Crippen molar-refractivity contribution in [1.29, 1.82) is 0 Å². The summed E-state index contributed by atoms with van der Waals surface area (Å²) in [5.74, 6) is 0.856. The summed E-state index contributed by atoms with van der Waals surface area (Å²) in [5.41, 5.74) is 3.25. The van der Waals surface area contributed by atoms with E-state index in [1.54, 1.807) is 6.33 Å². The van der Waals surface area contributed by atoms with E-state index in [2.05, 4.69) is 26.6 Å². The van der Waals surface area contributed by atoms with Gasteiger partial charge in [-0.1, -0.05) is 12.1 Å². The van der Waals surface area contributed by atoms with Gasteiger partial charge >= 0.3 is 0 Å². The van der Waals surface area contributed by atoms with Crippen molar-refractivity contribution in [3.8, 4) is 11.4 Å². The molecule has 0 saturated carbocycles. The minimum absolute atomic E-state index is 0.752. The molecule has 5 heteroatoms. The molecular weight excluding hydrogens is 238 g/mol. The van der Waals surface area contributed by atoms with Gasteiger partial charge in [0.15, 0.2) is 5.82 Å². The Morgan fingerprint density at radius 2 is 2.11 bits per heavy atom. The summed E-state index contributed by atoms with van der Waals surface area (Å²) in [6.07, 6.45) is 3.63. The molecule has 0 radical (unpaired) electrons. The van der Waals surface area contributed by atoms with Crippen LogP contribution in [0.25, 0.3) is 11.4 Å². The number of aryl methyl sites for hydroxylation is 1. The lowest BCUT2D eigenvalue weighted by molar-refractivity contribution is 0.919. The van der Waals surface area contributed by atoms with Gasteiger partial charge in [-0.15, -0.1) is 10.2 Å². The second-order valence-corrected chi connectivity index (χ2v) is 4.36. The van der Waals surface area contributed by atoms with Crippen LogP contribution in [0.15, 0.2) is 48.9 Å². The van der Waals surface area contributed by atoms with Crippen molar-refractivity contribution in [3.63, 3.8) is 0 Å². The van der Waals surface area contributed by atoms with Gasteiger partial charge in [-0.3, -0.25) is 0 Å². The first-order chi connectivity index (χ1) is 9.34. The lowest BCUT2D eigenvalue weighted by Crippen LogP contribution is -2.02. The van der Waals surface area contributed by atoms with Gasteiger partial charge in [0, 0.05) is 30.2 Å². The third-order valence-electron chi connectivity index (χ3n) is 3.01. The smallest absolute Gasteiger partial charge is 0.165 e. The van der Waals surface area contributed by atoms with Crippen LogP contribution in [0.4, 0.5) is 5.69 Å². The van der Waals surface area contributed by atoms with Gasteiger partial charge in [0.1, 0.15) is 6.33 Å². The van der Waals surface area contributed by atoms with E-state index < -0.39 is 0 Å². The minimum atomic E-state index is 0.752. The Morgan fingerprint density at radius 1 is 1.21 bits per heavy atom. The highest BCUT2D eigenvalue weighted by Gasteiger charge is 2.09. The minimum Gasteiger partial charge on any atom is -0.379 e. The van der Waals surface area contributed by atoms with E-state index >= 15 is 0 Å². The first kappa shape index (κ1) is 11.5. The Morgan fingerprint density at radius 3 is 2.84 bits per heavy atom. The Bertz CT molecular complexity index is 654. The molecule has 0 unspecified atom stereocenters. The monoisotopic (exact) mass is 253 g/mol. The van der Waals surface area contributed by atoms with Crippen LogP contribution in [0.2, 0.25) is 0 Å². The van der Waals surface area contributed by atoms with Crippen LogP contribution in [-0.4, -0.2) is 19.7 Å². The maximum Gasteiger partial charge on any atom is 0.165 e. The highest BCUT2D eigenvalue weighted by Crippen LogP contribution is 2.25. The Balaban J connectivity index is 1.88. The van der Waals surface area contributed by atoms with Crippen LogP contribution in [-0.2, 0) is 13.6 Å². The molecule has 2 heterocycles. The van der Waals surface area contributed by atoms with Crippen molar-refractivity contribution in [1.82, 2.24) is 19.7 Å². The summed E-state index contributed by atoms with van der Waals surface area (Å²) >= 11 is 0. The molecule has 19 heavy (non-hydrogen) atoms. The molecule has 3 aromatic rings. The third-order valence-corrected chi connectivity index (χ3v) is 3.01. The topological polar surface area (TPSA) is 58.5 Å². The van der Waals surface area contributed by atoms with Crippen LogP contribution in [0.3, 0.4) is 0 Å². The number of anilines is 1. The maximum atomic E-state index is 4.16. The normalized spacial score (nSPS) is 10.6. The molecule has 5 nitrogen and oxygen atoms in total. The van der Waals surface area contributed by atoms with Gasteiger partial charge in [-0.25, -0.2) is 0 Å². The third kappa shape index (κ3) is 2.35. The van der Waals surface area contributed by atoms with E-state index in [0.717, 1.165) is 29.3 Å². The van der Waals surface area contributed by atoms with Crippen molar-refractivity contribution in [2.75, 3.05) is 5.32 Å². The molecule has 0 spiro atoms. The van der Waals surface area contributed by atoms with Crippen LogP contribution in [0, 0.1) is 0 Å². The van der Waals surface area contributed by atoms with Crippen LogP contribution < -0.4 is 5.32 Å². The quantitative estimate of drug-likeness (QED) is 0.750. The molecule has 96 valence electrons. The SMILES string of the molecule is Cn1cnnc1-c1ccccc1NCc1ccc[nH]1. The fourth-order valence-corrected chi connectivity index (χ4v) is 2.03. The standard InChI is InChI=1S/C14H15N5/c1-19-10-17-18-14(19)12-6-2-3-7-13(12)16-9-11-5-4-8-15-11/h2-8,10,15-16H,9H2,1H3. The van der Waals surface area contributed by atoms with Gasteiger partial charge in [-0.05, 0) is 24.3 Å². The number of rotatable bonds is 4. The highest BCUT2D eigenvalue weighted by molar-refractivity contribution is 5.73. The summed E-state index contributed by atoms with van der Waals surface area (Å²) in [7, 11) is 1.94.